The summed E-state index contributed by atoms with van der Waals surface area (Å²) in [6.45, 7) is -0.353. The summed E-state index contributed by atoms with van der Waals surface area (Å²) in [5.41, 5.74) is 0.204. The number of amides is 1. The van der Waals surface area contributed by atoms with Crippen molar-refractivity contribution in [1.29, 1.82) is 0 Å². The first-order valence-electron chi connectivity index (χ1n) is 10.3. The number of halogens is 1. The molecule has 178 valence electrons. The summed E-state index contributed by atoms with van der Waals surface area (Å²) in [5.74, 6) is -2.12. The fraction of sp³-hybridized carbons (Fsp3) is 0.364. The fourth-order valence-electron chi connectivity index (χ4n) is 3.28. The zero-order chi connectivity index (χ0) is 23.8. The van der Waals surface area contributed by atoms with Crippen LogP contribution in [0.15, 0.2) is 47.4 Å². The third kappa shape index (κ3) is 6.42. The lowest BCUT2D eigenvalue weighted by Gasteiger charge is -2.26. The molecule has 1 aliphatic rings. The van der Waals surface area contributed by atoms with Gasteiger partial charge in [0.05, 0.1) is 7.11 Å². The minimum atomic E-state index is -3.80. The van der Waals surface area contributed by atoms with Crippen molar-refractivity contribution in [3.63, 3.8) is 0 Å². The number of methoxy groups -OCH3 is 1. The molecular weight excluding hydrogens is 455 g/mol. The lowest BCUT2D eigenvalue weighted by molar-refractivity contribution is -0.149. The minimum Gasteiger partial charge on any atom is -0.495 e. The predicted octanol–water partition coefficient (Wildman–Crippen LogP) is 2.57. The smallest absolute Gasteiger partial charge is 0.344 e. The normalized spacial score (nSPS) is 14.4. The fourth-order valence-corrected chi connectivity index (χ4v) is 4.98. The Morgan fingerprint density at radius 3 is 2.45 bits per heavy atom. The second-order valence-corrected chi connectivity index (χ2v) is 9.16. The largest absolute Gasteiger partial charge is 0.495 e. The highest BCUT2D eigenvalue weighted by molar-refractivity contribution is 7.89. The Morgan fingerprint density at radius 2 is 1.76 bits per heavy atom. The van der Waals surface area contributed by atoms with Crippen LogP contribution in [0.2, 0.25) is 0 Å². The molecule has 1 N–H and O–H groups in total. The van der Waals surface area contributed by atoms with Crippen LogP contribution in [0.25, 0.3) is 0 Å². The Labute approximate surface area is 191 Å². The summed E-state index contributed by atoms with van der Waals surface area (Å²) >= 11 is 0. The number of hydrogen-bond donors (Lipinski definition) is 1. The topological polar surface area (TPSA) is 111 Å². The summed E-state index contributed by atoms with van der Waals surface area (Å²) in [5, 5.41) is 2.49. The zero-order valence-electron chi connectivity index (χ0n) is 18.1. The summed E-state index contributed by atoms with van der Waals surface area (Å²) in [6, 6.07) is 9.80. The molecule has 9 nitrogen and oxygen atoms in total. The first-order valence-corrected chi connectivity index (χ1v) is 11.8. The van der Waals surface area contributed by atoms with E-state index in [9.17, 15) is 22.4 Å². The van der Waals surface area contributed by atoms with E-state index in [-0.39, 0.29) is 22.1 Å². The van der Waals surface area contributed by atoms with E-state index in [1.54, 1.807) is 6.07 Å². The molecule has 0 aromatic heterocycles. The number of benzene rings is 2. The van der Waals surface area contributed by atoms with Crippen molar-refractivity contribution in [1.82, 2.24) is 4.31 Å². The third-order valence-corrected chi connectivity index (χ3v) is 6.85. The maximum absolute atomic E-state index is 13.5. The van der Waals surface area contributed by atoms with Gasteiger partial charge in [-0.2, -0.15) is 4.31 Å². The van der Waals surface area contributed by atoms with Crippen molar-refractivity contribution in [2.24, 2.45) is 0 Å². The van der Waals surface area contributed by atoms with Crippen LogP contribution in [-0.2, 0) is 24.3 Å². The Morgan fingerprint density at radius 1 is 1.03 bits per heavy atom. The lowest BCUT2D eigenvalue weighted by Crippen LogP contribution is -2.35. The van der Waals surface area contributed by atoms with Crippen molar-refractivity contribution < 1.29 is 36.6 Å². The highest BCUT2D eigenvalue weighted by Crippen LogP contribution is 2.31. The Kier molecular flexibility index (Phi) is 8.23. The summed E-state index contributed by atoms with van der Waals surface area (Å²) < 4.78 is 56.1. The molecule has 2 aromatic carbocycles. The molecule has 11 heteroatoms. The second kappa shape index (κ2) is 11.1. The molecule has 1 saturated heterocycles. The standard InChI is InChI=1S/C22H25FN2O7S/c1-30-19-10-9-16(13-20(19)33(28,29)25-11-5-2-6-12-25)24-21(26)14-32-22(27)15-31-18-8-4-3-7-17(18)23/h3-4,7-10,13H,2,5-6,11-12,14-15H2,1H3,(H,24,26). The number of ether oxygens (including phenoxy) is 3. The van der Waals surface area contributed by atoms with Gasteiger partial charge in [0.2, 0.25) is 10.0 Å². The number of anilines is 1. The van der Waals surface area contributed by atoms with Crippen LogP contribution >= 0.6 is 0 Å². The van der Waals surface area contributed by atoms with Crippen LogP contribution in [-0.4, -0.2) is 58.0 Å². The van der Waals surface area contributed by atoms with Gasteiger partial charge in [-0.05, 0) is 43.2 Å². The summed E-state index contributed by atoms with van der Waals surface area (Å²) in [7, 11) is -2.43. The number of nitrogens with zero attached hydrogens (tertiary/aromatic N) is 1. The molecule has 33 heavy (non-hydrogen) atoms. The van der Waals surface area contributed by atoms with Gasteiger partial charge in [-0.1, -0.05) is 18.6 Å². The maximum atomic E-state index is 13.5. The molecule has 1 fully saturated rings. The monoisotopic (exact) mass is 480 g/mol. The van der Waals surface area contributed by atoms with Crippen molar-refractivity contribution in [2.45, 2.75) is 24.2 Å². The van der Waals surface area contributed by atoms with Crippen molar-refractivity contribution >= 4 is 27.6 Å². The van der Waals surface area contributed by atoms with Gasteiger partial charge in [-0.25, -0.2) is 17.6 Å². The molecule has 0 atom stereocenters. The Bertz CT molecular complexity index is 1100. The molecule has 3 rings (SSSR count). The molecule has 0 radical (unpaired) electrons. The minimum absolute atomic E-state index is 0.0556. The SMILES string of the molecule is COc1ccc(NC(=O)COC(=O)COc2ccccc2F)cc1S(=O)(=O)N1CCCCC1. The van der Waals surface area contributed by atoms with Crippen LogP contribution in [0.3, 0.4) is 0 Å². The van der Waals surface area contributed by atoms with Crippen molar-refractivity contribution in [3.05, 3.63) is 48.3 Å². The molecule has 0 bridgehead atoms. The quantitative estimate of drug-likeness (QED) is 0.549. The van der Waals surface area contributed by atoms with Gasteiger partial charge in [0.15, 0.2) is 24.8 Å². The zero-order valence-corrected chi connectivity index (χ0v) is 18.9. The number of rotatable bonds is 9. The Balaban J connectivity index is 1.58. The average molecular weight is 481 g/mol. The Hall–Kier alpha value is -3.18. The molecule has 0 aliphatic carbocycles. The van der Waals surface area contributed by atoms with Crippen LogP contribution in [0.5, 0.6) is 11.5 Å². The number of carbonyl (C=O) groups excluding carboxylic acids is 2. The average Bonchev–Trinajstić information content (AvgIpc) is 2.82. The molecule has 1 amide bonds. The second-order valence-electron chi connectivity index (χ2n) is 7.26. The van der Waals surface area contributed by atoms with Crippen molar-refractivity contribution in [3.8, 4) is 11.5 Å². The van der Waals surface area contributed by atoms with Gasteiger partial charge >= 0.3 is 5.97 Å². The van der Waals surface area contributed by atoms with E-state index in [4.69, 9.17) is 14.2 Å². The number of nitrogens with one attached hydrogen (secondary N) is 1. The van der Waals surface area contributed by atoms with E-state index in [1.165, 1.54) is 47.8 Å². The third-order valence-electron chi connectivity index (χ3n) is 4.93. The van der Waals surface area contributed by atoms with Gasteiger partial charge in [-0.3, -0.25) is 4.79 Å². The molecule has 1 heterocycles. The molecule has 0 saturated carbocycles. The van der Waals surface area contributed by atoms with Crippen molar-refractivity contribution in [2.75, 3.05) is 38.7 Å². The molecule has 1 aliphatic heterocycles. The van der Waals surface area contributed by atoms with E-state index in [0.29, 0.717) is 13.1 Å². The summed E-state index contributed by atoms with van der Waals surface area (Å²) in [4.78, 5) is 23.9. The molecule has 2 aromatic rings. The molecule has 0 unspecified atom stereocenters. The van der Waals surface area contributed by atoms with E-state index in [2.05, 4.69) is 5.32 Å². The maximum Gasteiger partial charge on any atom is 0.344 e. The number of sulfonamides is 1. The molecular formula is C22H25FN2O7S. The van der Waals surface area contributed by atoms with Gasteiger partial charge in [-0.15, -0.1) is 0 Å². The van der Waals surface area contributed by atoms with Crippen LogP contribution in [0, 0.1) is 5.82 Å². The van der Waals surface area contributed by atoms with Gasteiger partial charge in [0.25, 0.3) is 5.91 Å². The number of para-hydroxylation sites is 1. The number of esters is 1. The number of carbonyl (C=O) groups is 2. The highest BCUT2D eigenvalue weighted by Gasteiger charge is 2.29. The number of piperidine rings is 1. The summed E-state index contributed by atoms with van der Waals surface area (Å²) in [6.07, 6.45) is 2.54. The van der Waals surface area contributed by atoms with Crippen LogP contribution < -0.4 is 14.8 Å². The van der Waals surface area contributed by atoms with E-state index >= 15 is 0 Å². The highest BCUT2D eigenvalue weighted by atomic mass is 32.2. The van der Waals surface area contributed by atoms with Crippen LogP contribution in [0.1, 0.15) is 19.3 Å². The van der Waals surface area contributed by atoms with E-state index in [0.717, 1.165) is 19.3 Å². The van der Waals surface area contributed by atoms with E-state index < -0.39 is 40.9 Å². The number of hydrogen-bond acceptors (Lipinski definition) is 7. The van der Waals surface area contributed by atoms with Gasteiger partial charge in [0, 0.05) is 18.8 Å². The van der Waals surface area contributed by atoms with E-state index in [1.807, 2.05) is 0 Å². The van der Waals surface area contributed by atoms with Gasteiger partial charge < -0.3 is 19.5 Å². The van der Waals surface area contributed by atoms with Gasteiger partial charge in [0.1, 0.15) is 10.6 Å². The molecule has 0 spiro atoms. The first-order chi connectivity index (χ1) is 15.8. The lowest BCUT2D eigenvalue weighted by atomic mass is 10.2. The first kappa shape index (κ1) is 24.5. The predicted molar refractivity (Wildman–Crippen MR) is 117 cm³/mol. The van der Waals surface area contributed by atoms with Crippen LogP contribution in [0.4, 0.5) is 10.1 Å².